The Kier molecular flexibility index (Phi) is 2.95. The molecule has 0 aromatic carbocycles. The Morgan fingerprint density at radius 1 is 1.69 bits per heavy atom. The summed E-state index contributed by atoms with van der Waals surface area (Å²) in [5.41, 5.74) is 0.285. The van der Waals surface area contributed by atoms with E-state index in [1.807, 2.05) is 19.2 Å². The summed E-state index contributed by atoms with van der Waals surface area (Å²) in [7, 11) is 0. The van der Waals surface area contributed by atoms with E-state index in [1.165, 1.54) is 6.20 Å². The van der Waals surface area contributed by atoms with Gasteiger partial charge in [-0.25, -0.2) is 0 Å². The lowest BCUT2D eigenvalue weighted by molar-refractivity contribution is 0.0931. The molecular formula is C9H12N6O. The Labute approximate surface area is 91.9 Å². The van der Waals surface area contributed by atoms with Crippen LogP contribution in [-0.4, -0.2) is 37.1 Å². The molecule has 2 heterocycles. The summed E-state index contributed by atoms with van der Waals surface area (Å²) in [6, 6.07) is 1.82. The number of carbonyl (C=O) groups is 1. The molecule has 7 heteroatoms. The highest BCUT2D eigenvalue weighted by molar-refractivity contribution is 5.91. The number of aromatic nitrogens is 5. The summed E-state index contributed by atoms with van der Waals surface area (Å²) >= 11 is 0. The number of H-pyrrole nitrogens is 1. The molecule has 0 fully saturated rings. The summed E-state index contributed by atoms with van der Waals surface area (Å²) < 4.78 is 1.76. The summed E-state index contributed by atoms with van der Waals surface area (Å²) in [6.07, 6.45) is 4.93. The van der Waals surface area contributed by atoms with Crippen molar-refractivity contribution in [3.05, 3.63) is 30.4 Å². The lowest BCUT2D eigenvalue weighted by Gasteiger charge is -2.12. The van der Waals surface area contributed by atoms with Gasteiger partial charge in [-0.2, -0.15) is 20.5 Å². The summed E-state index contributed by atoms with van der Waals surface area (Å²) in [6.45, 7) is 2.52. The van der Waals surface area contributed by atoms with E-state index in [2.05, 4.69) is 25.8 Å². The molecule has 0 spiro atoms. The highest BCUT2D eigenvalue weighted by atomic mass is 16.2. The van der Waals surface area contributed by atoms with E-state index >= 15 is 0 Å². The van der Waals surface area contributed by atoms with Gasteiger partial charge in [0.15, 0.2) is 5.69 Å². The minimum absolute atomic E-state index is 0.0240. The van der Waals surface area contributed by atoms with Gasteiger partial charge in [0, 0.05) is 18.4 Å². The largest absolute Gasteiger partial charge is 0.346 e. The van der Waals surface area contributed by atoms with E-state index in [1.54, 1.807) is 10.9 Å². The molecule has 2 rings (SSSR count). The fourth-order valence-corrected chi connectivity index (χ4v) is 1.34. The van der Waals surface area contributed by atoms with Gasteiger partial charge in [0.25, 0.3) is 5.91 Å². The second-order valence-electron chi connectivity index (χ2n) is 3.46. The van der Waals surface area contributed by atoms with Crippen molar-refractivity contribution in [2.45, 2.75) is 19.5 Å². The Bertz CT molecular complexity index is 435. The molecule has 1 unspecified atom stereocenters. The van der Waals surface area contributed by atoms with Crippen LogP contribution >= 0.6 is 0 Å². The van der Waals surface area contributed by atoms with Crippen LogP contribution < -0.4 is 5.32 Å². The topological polar surface area (TPSA) is 88.5 Å². The standard InChI is InChI=1S/C9H12N6O/c1-7(6-15-4-2-3-11-15)12-9(16)8-5-10-14-13-8/h2-5,7H,6H2,1H3,(H,12,16)(H,10,13,14). The first-order chi connectivity index (χ1) is 7.75. The Morgan fingerprint density at radius 3 is 3.19 bits per heavy atom. The van der Waals surface area contributed by atoms with Crippen molar-refractivity contribution in [1.82, 2.24) is 30.5 Å². The Balaban J connectivity index is 1.88. The second kappa shape index (κ2) is 4.56. The van der Waals surface area contributed by atoms with Crippen molar-refractivity contribution in [2.24, 2.45) is 0 Å². The molecule has 0 saturated carbocycles. The van der Waals surface area contributed by atoms with Gasteiger partial charge in [-0.3, -0.25) is 9.48 Å². The van der Waals surface area contributed by atoms with Crippen molar-refractivity contribution in [2.75, 3.05) is 0 Å². The number of hydrogen-bond acceptors (Lipinski definition) is 4. The number of amides is 1. The molecule has 0 radical (unpaired) electrons. The molecule has 7 nitrogen and oxygen atoms in total. The molecule has 0 saturated heterocycles. The van der Waals surface area contributed by atoms with Gasteiger partial charge in [0.1, 0.15) is 0 Å². The SMILES string of the molecule is CC(Cn1cccn1)NC(=O)c1cn[nH]n1. The molecule has 2 aromatic heterocycles. The predicted molar refractivity (Wildman–Crippen MR) is 55.5 cm³/mol. The highest BCUT2D eigenvalue weighted by Crippen LogP contribution is 1.94. The van der Waals surface area contributed by atoms with Crippen LogP contribution in [0.3, 0.4) is 0 Å². The molecule has 2 aromatic rings. The van der Waals surface area contributed by atoms with Crippen LogP contribution in [0.5, 0.6) is 0 Å². The van der Waals surface area contributed by atoms with Gasteiger partial charge in [0.05, 0.1) is 12.7 Å². The fraction of sp³-hybridized carbons (Fsp3) is 0.333. The smallest absolute Gasteiger partial charge is 0.273 e. The maximum absolute atomic E-state index is 11.6. The third-order valence-corrected chi connectivity index (χ3v) is 2.05. The third-order valence-electron chi connectivity index (χ3n) is 2.05. The van der Waals surface area contributed by atoms with Gasteiger partial charge in [0.2, 0.25) is 0 Å². The summed E-state index contributed by atoms with van der Waals surface area (Å²) in [5.74, 6) is -0.242. The number of aromatic amines is 1. The van der Waals surface area contributed by atoms with E-state index in [0.29, 0.717) is 6.54 Å². The maximum atomic E-state index is 11.6. The maximum Gasteiger partial charge on any atom is 0.273 e. The molecule has 1 amide bonds. The van der Waals surface area contributed by atoms with Crippen molar-refractivity contribution in [3.63, 3.8) is 0 Å². The molecule has 0 aliphatic heterocycles. The minimum Gasteiger partial charge on any atom is -0.346 e. The van der Waals surface area contributed by atoms with Crippen molar-refractivity contribution >= 4 is 5.91 Å². The number of rotatable bonds is 4. The van der Waals surface area contributed by atoms with E-state index in [9.17, 15) is 4.79 Å². The van der Waals surface area contributed by atoms with Crippen LogP contribution in [0.4, 0.5) is 0 Å². The highest BCUT2D eigenvalue weighted by Gasteiger charge is 2.12. The quantitative estimate of drug-likeness (QED) is 0.748. The lowest BCUT2D eigenvalue weighted by Crippen LogP contribution is -2.36. The first kappa shape index (κ1) is 10.3. The van der Waals surface area contributed by atoms with Crippen LogP contribution in [0, 0.1) is 0 Å². The molecule has 1 atom stereocenters. The number of hydrogen-bond donors (Lipinski definition) is 2. The molecule has 0 aliphatic carbocycles. The van der Waals surface area contributed by atoms with Crippen LogP contribution in [0.15, 0.2) is 24.7 Å². The van der Waals surface area contributed by atoms with Crippen LogP contribution in [0.1, 0.15) is 17.4 Å². The zero-order chi connectivity index (χ0) is 11.4. The molecule has 84 valence electrons. The van der Waals surface area contributed by atoms with Gasteiger partial charge >= 0.3 is 0 Å². The Morgan fingerprint density at radius 2 is 2.56 bits per heavy atom. The molecule has 0 bridgehead atoms. The predicted octanol–water partition coefficient (Wildman–Crippen LogP) is -0.180. The zero-order valence-corrected chi connectivity index (χ0v) is 8.79. The average Bonchev–Trinajstić information content (AvgIpc) is 2.88. The van der Waals surface area contributed by atoms with Gasteiger partial charge in [-0.05, 0) is 13.0 Å². The molecular weight excluding hydrogens is 208 g/mol. The number of carbonyl (C=O) groups excluding carboxylic acids is 1. The number of nitrogens with one attached hydrogen (secondary N) is 2. The normalized spacial score (nSPS) is 12.3. The molecule has 16 heavy (non-hydrogen) atoms. The molecule has 0 aliphatic rings. The van der Waals surface area contributed by atoms with E-state index < -0.39 is 0 Å². The average molecular weight is 220 g/mol. The summed E-state index contributed by atoms with van der Waals surface area (Å²) in [4.78, 5) is 11.6. The van der Waals surface area contributed by atoms with Crippen LogP contribution in [0.25, 0.3) is 0 Å². The van der Waals surface area contributed by atoms with Crippen LogP contribution in [-0.2, 0) is 6.54 Å². The van der Waals surface area contributed by atoms with Gasteiger partial charge in [-0.15, -0.1) is 0 Å². The number of nitrogens with zero attached hydrogens (tertiary/aromatic N) is 4. The van der Waals surface area contributed by atoms with Crippen LogP contribution in [0.2, 0.25) is 0 Å². The fourth-order valence-electron chi connectivity index (χ4n) is 1.34. The van der Waals surface area contributed by atoms with Gasteiger partial charge < -0.3 is 5.32 Å². The summed E-state index contributed by atoms with van der Waals surface area (Å²) in [5, 5.41) is 16.5. The van der Waals surface area contributed by atoms with Gasteiger partial charge in [-0.1, -0.05) is 0 Å². The second-order valence-corrected chi connectivity index (χ2v) is 3.46. The molecule has 2 N–H and O–H groups in total. The monoisotopic (exact) mass is 220 g/mol. The minimum atomic E-state index is -0.242. The zero-order valence-electron chi connectivity index (χ0n) is 8.79. The first-order valence-corrected chi connectivity index (χ1v) is 4.90. The first-order valence-electron chi connectivity index (χ1n) is 4.90. The van der Waals surface area contributed by atoms with E-state index in [-0.39, 0.29) is 17.6 Å². The Hall–Kier alpha value is -2.18. The lowest BCUT2D eigenvalue weighted by atomic mass is 10.3. The third kappa shape index (κ3) is 2.44. The van der Waals surface area contributed by atoms with Crippen molar-refractivity contribution < 1.29 is 4.79 Å². The van der Waals surface area contributed by atoms with Crippen molar-refractivity contribution in [3.8, 4) is 0 Å². The van der Waals surface area contributed by atoms with E-state index in [4.69, 9.17) is 0 Å². The van der Waals surface area contributed by atoms with Crippen molar-refractivity contribution in [1.29, 1.82) is 0 Å². The van der Waals surface area contributed by atoms with E-state index in [0.717, 1.165) is 0 Å².